The Morgan fingerprint density at radius 2 is 1.71 bits per heavy atom. The first-order valence-corrected chi connectivity index (χ1v) is 13.0. The minimum absolute atomic E-state index is 0.233. The second-order valence-electron chi connectivity index (χ2n) is 10.3. The number of imidazole rings is 1. The highest BCUT2D eigenvalue weighted by molar-refractivity contribution is 6.00. The minimum atomic E-state index is -0.664. The molecule has 1 aromatic heterocycles. The van der Waals surface area contributed by atoms with Crippen molar-refractivity contribution < 1.29 is 14.4 Å². The molecule has 1 N–H and O–H groups in total. The number of fused-ring (bicyclic) bond motifs is 1. The monoisotopic (exact) mass is 481 g/mol. The average molecular weight is 482 g/mol. The maximum Gasteiger partial charge on any atom is 0.329 e. The molecule has 3 aliphatic rings. The van der Waals surface area contributed by atoms with Crippen LogP contribution in [0.15, 0.2) is 23.0 Å². The molecule has 1 aromatic carbocycles. The van der Waals surface area contributed by atoms with Crippen LogP contribution < -0.4 is 11.0 Å². The van der Waals surface area contributed by atoms with Gasteiger partial charge in [0.15, 0.2) is 0 Å². The van der Waals surface area contributed by atoms with Crippen LogP contribution in [-0.4, -0.2) is 69.4 Å². The number of rotatable bonds is 5. The lowest BCUT2D eigenvalue weighted by atomic mass is 9.88. The molecule has 35 heavy (non-hydrogen) atoms. The van der Waals surface area contributed by atoms with E-state index in [0.717, 1.165) is 63.1 Å². The molecular formula is C26H35N5O4. The van der Waals surface area contributed by atoms with Crippen LogP contribution in [-0.2, 0) is 27.9 Å². The van der Waals surface area contributed by atoms with Crippen molar-refractivity contribution in [3.63, 3.8) is 0 Å². The van der Waals surface area contributed by atoms with Crippen LogP contribution in [0.3, 0.4) is 0 Å². The van der Waals surface area contributed by atoms with Gasteiger partial charge in [0.05, 0.1) is 11.0 Å². The van der Waals surface area contributed by atoms with Crippen molar-refractivity contribution in [1.82, 2.24) is 24.3 Å². The Kier molecular flexibility index (Phi) is 6.77. The second-order valence-corrected chi connectivity index (χ2v) is 10.3. The summed E-state index contributed by atoms with van der Waals surface area (Å²) in [6.07, 6.45) is 7.15. The van der Waals surface area contributed by atoms with E-state index >= 15 is 0 Å². The van der Waals surface area contributed by atoms with E-state index in [1.165, 1.54) is 23.8 Å². The van der Waals surface area contributed by atoms with E-state index in [1.807, 2.05) is 18.2 Å². The van der Waals surface area contributed by atoms with Crippen LogP contribution in [0.4, 0.5) is 0 Å². The fourth-order valence-corrected chi connectivity index (χ4v) is 5.88. The molecule has 1 atom stereocenters. The molecule has 1 saturated carbocycles. The number of nitrogens with zero attached hydrogens (tertiary/aromatic N) is 4. The van der Waals surface area contributed by atoms with Gasteiger partial charge in [-0.3, -0.25) is 33.7 Å². The molecule has 3 fully saturated rings. The summed E-state index contributed by atoms with van der Waals surface area (Å²) in [5.74, 6) is -0.112. The lowest BCUT2D eigenvalue weighted by Crippen LogP contribution is -2.50. The summed E-state index contributed by atoms with van der Waals surface area (Å²) in [6, 6.07) is 5.30. The number of aromatic nitrogens is 2. The van der Waals surface area contributed by atoms with E-state index in [4.69, 9.17) is 0 Å². The molecule has 3 heterocycles. The van der Waals surface area contributed by atoms with Gasteiger partial charge in [-0.1, -0.05) is 25.3 Å². The Bertz CT molecular complexity index is 1180. The van der Waals surface area contributed by atoms with E-state index in [2.05, 4.69) is 15.1 Å². The number of hydrogen-bond donors (Lipinski definition) is 1. The summed E-state index contributed by atoms with van der Waals surface area (Å²) in [7, 11) is 1.72. The molecule has 1 unspecified atom stereocenters. The number of benzene rings is 1. The molecule has 2 aliphatic heterocycles. The van der Waals surface area contributed by atoms with Crippen molar-refractivity contribution >= 4 is 28.8 Å². The molecule has 9 heteroatoms. The van der Waals surface area contributed by atoms with Gasteiger partial charge in [0.1, 0.15) is 6.04 Å². The first kappa shape index (κ1) is 23.8. The number of nitrogens with one attached hydrogen (secondary N) is 1. The molecule has 0 bridgehead atoms. The van der Waals surface area contributed by atoms with Gasteiger partial charge in [0.25, 0.3) is 0 Å². The van der Waals surface area contributed by atoms with Gasteiger partial charge in [-0.05, 0) is 43.4 Å². The van der Waals surface area contributed by atoms with Crippen LogP contribution in [0.1, 0.15) is 56.6 Å². The highest BCUT2D eigenvalue weighted by atomic mass is 16.2. The first-order chi connectivity index (χ1) is 16.9. The summed E-state index contributed by atoms with van der Waals surface area (Å²) in [4.78, 5) is 54.1. The Morgan fingerprint density at radius 1 is 0.971 bits per heavy atom. The number of carbonyl (C=O) groups excluding carboxylic acids is 3. The second kappa shape index (κ2) is 9.97. The van der Waals surface area contributed by atoms with Crippen LogP contribution >= 0.6 is 0 Å². The number of amides is 3. The van der Waals surface area contributed by atoms with Crippen LogP contribution in [0.2, 0.25) is 0 Å². The van der Waals surface area contributed by atoms with E-state index in [0.29, 0.717) is 17.8 Å². The fraction of sp³-hybridized carbons (Fsp3) is 0.615. The van der Waals surface area contributed by atoms with Gasteiger partial charge in [-0.2, -0.15) is 0 Å². The molecule has 2 aromatic rings. The Hall–Kier alpha value is -2.94. The van der Waals surface area contributed by atoms with E-state index < -0.39 is 11.9 Å². The van der Waals surface area contributed by atoms with Gasteiger partial charge < -0.3 is 4.90 Å². The molecule has 188 valence electrons. The van der Waals surface area contributed by atoms with Crippen molar-refractivity contribution in [2.75, 3.05) is 32.7 Å². The summed E-state index contributed by atoms with van der Waals surface area (Å²) >= 11 is 0. The van der Waals surface area contributed by atoms with E-state index in [9.17, 15) is 19.2 Å². The quantitative estimate of drug-likeness (QED) is 0.655. The van der Waals surface area contributed by atoms with Gasteiger partial charge in [0.2, 0.25) is 17.7 Å². The van der Waals surface area contributed by atoms with Gasteiger partial charge in [-0.25, -0.2) is 4.79 Å². The molecule has 5 rings (SSSR count). The number of hydrogen-bond acceptors (Lipinski definition) is 5. The topological polar surface area (TPSA) is 96.6 Å². The zero-order chi connectivity index (χ0) is 24.5. The lowest BCUT2D eigenvalue weighted by Gasteiger charge is -2.37. The molecule has 1 aliphatic carbocycles. The Morgan fingerprint density at radius 3 is 2.43 bits per heavy atom. The SMILES string of the molecule is Cn1c(=O)n(C2CCC(=O)NC2=O)c2ccc(CCN3CCN(C(=O)C4CCCCC4)CC3)cc21. The summed E-state index contributed by atoms with van der Waals surface area (Å²) in [5.41, 5.74) is 2.39. The predicted octanol–water partition coefficient (Wildman–Crippen LogP) is 1.58. The van der Waals surface area contributed by atoms with Crippen molar-refractivity contribution in [3.05, 3.63) is 34.2 Å². The number of carbonyl (C=O) groups is 3. The van der Waals surface area contributed by atoms with Crippen LogP contribution in [0, 0.1) is 5.92 Å². The van der Waals surface area contributed by atoms with Crippen LogP contribution in [0.25, 0.3) is 11.0 Å². The van der Waals surface area contributed by atoms with Crippen molar-refractivity contribution in [2.45, 2.75) is 57.4 Å². The number of imide groups is 1. The standard InChI is InChI=1S/C26H35N5O4/c1-28-22-17-18(7-8-20(22)31(26(28)35)21-9-10-23(32)27-24(21)33)11-12-29-13-15-30(16-14-29)25(34)19-5-3-2-4-6-19/h7-8,17,19,21H,2-6,9-16H2,1H3,(H,27,32,33). The summed E-state index contributed by atoms with van der Waals surface area (Å²) in [6.45, 7) is 4.30. The smallest absolute Gasteiger partial charge is 0.329 e. The lowest BCUT2D eigenvalue weighted by molar-refractivity contribution is -0.138. The molecule has 0 radical (unpaired) electrons. The van der Waals surface area contributed by atoms with Crippen molar-refractivity contribution in [1.29, 1.82) is 0 Å². The zero-order valence-corrected chi connectivity index (χ0v) is 20.5. The van der Waals surface area contributed by atoms with Gasteiger partial charge in [-0.15, -0.1) is 0 Å². The summed E-state index contributed by atoms with van der Waals surface area (Å²) < 4.78 is 3.10. The molecule has 0 spiro atoms. The summed E-state index contributed by atoms with van der Waals surface area (Å²) in [5, 5.41) is 2.35. The minimum Gasteiger partial charge on any atom is -0.340 e. The van der Waals surface area contributed by atoms with Crippen molar-refractivity contribution in [2.24, 2.45) is 13.0 Å². The van der Waals surface area contributed by atoms with E-state index in [1.54, 1.807) is 11.6 Å². The highest BCUT2D eigenvalue weighted by Gasteiger charge is 2.31. The largest absolute Gasteiger partial charge is 0.340 e. The van der Waals surface area contributed by atoms with Gasteiger partial charge in [0, 0.05) is 52.1 Å². The molecule has 3 amide bonds. The molecular weight excluding hydrogens is 446 g/mol. The predicted molar refractivity (Wildman–Crippen MR) is 132 cm³/mol. The Balaban J connectivity index is 1.21. The fourth-order valence-electron chi connectivity index (χ4n) is 5.88. The first-order valence-electron chi connectivity index (χ1n) is 13.0. The van der Waals surface area contributed by atoms with Gasteiger partial charge >= 0.3 is 5.69 Å². The Labute approximate surface area is 205 Å². The van der Waals surface area contributed by atoms with Crippen molar-refractivity contribution in [3.8, 4) is 0 Å². The van der Waals surface area contributed by atoms with Crippen LogP contribution in [0.5, 0.6) is 0 Å². The molecule has 2 saturated heterocycles. The maximum absolute atomic E-state index is 13.0. The number of piperazine rings is 1. The molecule has 9 nitrogen and oxygen atoms in total. The number of aryl methyl sites for hydroxylation is 1. The third-order valence-electron chi connectivity index (χ3n) is 8.03. The zero-order valence-electron chi connectivity index (χ0n) is 20.5. The average Bonchev–Trinajstić information content (AvgIpc) is 3.12. The third-order valence-corrected chi connectivity index (χ3v) is 8.03. The highest BCUT2D eigenvalue weighted by Crippen LogP contribution is 2.26. The van der Waals surface area contributed by atoms with E-state index in [-0.39, 0.29) is 23.9 Å². The number of piperidine rings is 1. The third kappa shape index (κ3) is 4.78. The normalized spacial score (nSPS) is 22.5. The maximum atomic E-state index is 13.0.